The van der Waals surface area contributed by atoms with Crippen LogP contribution in [0.2, 0.25) is 0 Å². The van der Waals surface area contributed by atoms with Gasteiger partial charge in [0.25, 0.3) is 0 Å². The molecule has 136 valence electrons. The number of guanidine groups is 1. The molecule has 1 spiro atoms. The summed E-state index contributed by atoms with van der Waals surface area (Å²) in [6, 6.07) is 2.62. The van der Waals surface area contributed by atoms with Gasteiger partial charge in [0.05, 0.1) is 12.6 Å². The van der Waals surface area contributed by atoms with Crippen molar-refractivity contribution in [2.24, 2.45) is 17.5 Å². The molecule has 2 N–H and O–H groups in total. The molecule has 2 unspecified atom stereocenters. The Hall–Kier alpha value is -0.760. The maximum absolute atomic E-state index is 5.94. The lowest BCUT2D eigenvalue weighted by atomic mass is 9.51. The molecule has 1 aromatic rings. The lowest BCUT2D eigenvalue weighted by Gasteiger charge is -2.61. The van der Waals surface area contributed by atoms with E-state index in [4.69, 9.17) is 9.73 Å². The third-order valence-corrected chi connectivity index (χ3v) is 5.41. The Balaban J connectivity index is 0.00000208. The van der Waals surface area contributed by atoms with E-state index in [9.17, 15) is 0 Å². The van der Waals surface area contributed by atoms with Crippen LogP contribution < -0.4 is 10.6 Å². The van der Waals surface area contributed by atoms with Crippen LogP contribution in [0.3, 0.4) is 0 Å². The van der Waals surface area contributed by atoms with Gasteiger partial charge in [0.15, 0.2) is 5.96 Å². The molecule has 2 atom stereocenters. The highest BCUT2D eigenvalue weighted by atomic mass is 127. The van der Waals surface area contributed by atoms with Crippen molar-refractivity contribution in [3.63, 3.8) is 0 Å². The van der Waals surface area contributed by atoms with Gasteiger partial charge in [-0.25, -0.2) is 4.99 Å². The molecule has 1 heterocycles. The Morgan fingerprint density at radius 1 is 1.42 bits per heavy atom. The first-order chi connectivity index (χ1) is 11.2. The Labute approximate surface area is 162 Å². The number of aliphatic imine (C=N–C) groups is 1. The van der Waals surface area contributed by atoms with Gasteiger partial charge in [-0.15, -0.1) is 24.0 Å². The van der Waals surface area contributed by atoms with Gasteiger partial charge in [0.1, 0.15) is 0 Å². The highest BCUT2D eigenvalue weighted by molar-refractivity contribution is 14.0. The second kappa shape index (κ2) is 8.56. The minimum absolute atomic E-state index is 0. The molecule has 1 aromatic heterocycles. The van der Waals surface area contributed by atoms with Crippen molar-refractivity contribution in [3.05, 3.63) is 24.0 Å². The standard InChI is InChI=1S/C18H30N4O.HI/c1-4-19-17(20-12-14-7-10-22(3)13-14)21-15-11-16(23-5-2)18(15)8-6-9-18;/h7,10,13,15-16H,4-6,8-9,11-12H2,1-3H3,(H2,19,20,21);1H. The van der Waals surface area contributed by atoms with Crippen LogP contribution in [-0.2, 0) is 18.3 Å². The zero-order valence-corrected chi connectivity index (χ0v) is 17.4. The van der Waals surface area contributed by atoms with Gasteiger partial charge in [-0.05, 0) is 44.7 Å². The summed E-state index contributed by atoms with van der Waals surface area (Å²) in [5, 5.41) is 7.05. The van der Waals surface area contributed by atoms with Crippen molar-refractivity contribution in [1.29, 1.82) is 0 Å². The average Bonchev–Trinajstić information content (AvgIpc) is 2.87. The van der Waals surface area contributed by atoms with Gasteiger partial charge in [-0.1, -0.05) is 6.42 Å². The van der Waals surface area contributed by atoms with Gasteiger partial charge < -0.3 is 19.9 Å². The number of hydrogen-bond donors (Lipinski definition) is 2. The van der Waals surface area contributed by atoms with Crippen LogP contribution in [0, 0.1) is 5.41 Å². The number of hydrogen-bond acceptors (Lipinski definition) is 2. The van der Waals surface area contributed by atoms with Crippen molar-refractivity contribution in [3.8, 4) is 0 Å². The minimum atomic E-state index is 0. The Kier molecular flexibility index (Phi) is 6.98. The Bertz CT molecular complexity index is 553. The van der Waals surface area contributed by atoms with Gasteiger partial charge in [-0.2, -0.15) is 0 Å². The molecule has 0 saturated heterocycles. The molecule has 0 aromatic carbocycles. The second-order valence-corrected chi connectivity index (χ2v) is 6.84. The molecule has 2 fully saturated rings. The molecule has 3 rings (SSSR count). The quantitative estimate of drug-likeness (QED) is 0.401. The third-order valence-electron chi connectivity index (χ3n) is 5.41. The van der Waals surface area contributed by atoms with Crippen LogP contribution in [0.5, 0.6) is 0 Å². The van der Waals surface area contributed by atoms with E-state index in [2.05, 4.69) is 47.5 Å². The summed E-state index contributed by atoms with van der Waals surface area (Å²) in [6.45, 7) is 6.63. The van der Waals surface area contributed by atoms with Crippen molar-refractivity contribution in [2.45, 2.75) is 58.2 Å². The number of nitrogens with one attached hydrogen (secondary N) is 2. The number of ether oxygens (including phenoxy) is 1. The van der Waals surface area contributed by atoms with Crippen LogP contribution in [-0.4, -0.2) is 35.8 Å². The summed E-state index contributed by atoms with van der Waals surface area (Å²) in [4.78, 5) is 4.75. The highest BCUT2D eigenvalue weighted by Gasteiger charge is 2.59. The summed E-state index contributed by atoms with van der Waals surface area (Å²) in [6.07, 6.45) is 9.63. The van der Waals surface area contributed by atoms with E-state index in [0.717, 1.165) is 25.5 Å². The fourth-order valence-electron chi connectivity index (χ4n) is 3.95. The molecular formula is C18H31IN4O. The zero-order valence-electron chi connectivity index (χ0n) is 15.0. The van der Waals surface area contributed by atoms with Crippen molar-refractivity contribution >= 4 is 29.9 Å². The Morgan fingerprint density at radius 3 is 2.75 bits per heavy atom. The van der Waals surface area contributed by atoms with Gasteiger partial charge >= 0.3 is 0 Å². The van der Waals surface area contributed by atoms with Crippen LogP contribution >= 0.6 is 24.0 Å². The van der Waals surface area contributed by atoms with E-state index in [1.165, 1.54) is 24.8 Å². The van der Waals surface area contributed by atoms with E-state index in [1.54, 1.807) is 0 Å². The molecule has 5 nitrogen and oxygen atoms in total. The number of halogens is 1. The minimum Gasteiger partial charge on any atom is -0.378 e. The van der Waals surface area contributed by atoms with Gasteiger partial charge in [-0.3, -0.25) is 0 Å². The van der Waals surface area contributed by atoms with Gasteiger partial charge in [0, 0.05) is 44.0 Å². The molecule has 2 aliphatic carbocycles. The molecule has 6 heteroatoms. The largest absolute Gasteiger partial charge is 0.378 e. The zero-order chi connectivity index (χ0) is 16.3. The SMILES string of the molecule is CCNC(=NCc1ccn(C)c1)NC1CC(OCC)C12CCC2.I. The second-order valence-electron chi connectivity index (χ2n) is 6.84. The number of nitrogens with zero attached hydrogens (tertiary/aromatic N) is 2. The first kappa shape index (κ1) is 19.6. The van der Waals surface area contributed by atoms with Crippen LogP contribution in [0.1, 0.15) is 45.1 Å². The molecule has 0 aliphatic heterocycles. The van der Waals surface area contributed by atoms with E-state index in [-0.39, 0.29) is 24.0 Å². The maximum Gasteiger partial charge on any atom is 0.191 e. The predicted octanol–water partition coefficient (Wildman–Crippen LogP) is 3.05. The van der Waals surface area contributed by atoms with Crippen molar-refractivity contribution in [1.82, 2.24) is 15.2 Å². The lowest BCUT2D eigenvalue weighted by molar-refractivity contribution is -0.168. The molecule has 0 amide bonds. The van der Waals surface area contributed by atoms with E-state index in [0.29, 0.717) is 24.1 Å². The molecule has 2 saturated carbocycles. The molecule has 2 aliphatic rings. The first-order valence-electron chi connectivity index (χ1n) is 8.95. The monoisotopic (exact) mass is 446 g/mol. The van der Waals surface area contributed by atoms with E-state index in [1.807, 2.05) is 7.05 Å². The van der Waals surface area contributed by atoms with Crippen LogP contribution in [0.4, 0.5) is 0 Å². The smallest absolute Gasteiger partial charge is 0.191 e. The molecular weight excluding hydrogens is 415 g/mol. The molecule has 0 radical (unpaired) electrons. The number of aryl methyl sites for hydroxylation is 1. The van der Waals surface area contributed by atoms with Gasteiger partial charge in [0.2, 0.25) is 0 Å². The first-order valence-corrected chi connectivity index (χ1v) is 8.95. The number of rotatable bonds is 6. The number of aromatic nitrogens is 1. The van der Waals surface area contributed by atoms with Crippen molar-refractivity contribution < 1.29 is 4.74 Å². The van der Waals surface area contributed by atoms with E-state index >= 15 is 0 Å². The van der Waals surface area contributed by atoms with E-state index < -0.39 is 0 Å². The summed E-state index contributed by atoms with van der Waals surface area (Å²) in [5.74, 6) is 0.933. The summed E-state index contributed by atoms with van der Waals surface area (Å²) in [7, 11) is 2.04. The highest BCUT2D eigenvalue weighted by Crippen LogP contribution is 2.57. The normalized spacial score (nSPS) is 24.7. The predicted molar refractivity (Wildman–Crippen MR) is 109 cm³/mol. The van der Waals surface area contributed by atoms with Crippen molar-refractivity contribution in [2.75, 3.05) is 13.2 Å². The van der Waals surface area contributed by atoms with Crippen LogP contribution in [0.25, 0.3) is 0 Å². The Morgan fingerprint density at radius 2 is 2.21 bits per heavy atom. The molecule has 24 heavy (non-hydrogen) atoms. The summed E-state index contributed by atoms with van der Waals surface area (Å²) in [5.41, 5.74) is 1.60. The average molecular weight is 446 g/mol. The maximum atomic E-state index is 5.94. The topological polar surface area (TPSA) is 50.6 Å². The third kappa shape index (κ3) is 3.90. The fourth-order valence-corrected chi connectivity index (χ4v) is 3.95. The molecule has 0 bridgehead atoms. The summed E-state index contributed by atoms with van der Waals surface area (Å²) >= 11 is 0. The fraction of sp³-hybridized carbons (Fsp3) is 0.722. The lowest BCUT2D eigenvalue weighted by Crippen LogP contribution is -2.68. The summed E-state index contributed by atoms with van der Waals surface area (Å²) < 4.78 is 8.00. The van der Waals surface area contributed by atoms with Crippen LogP contribution in [0.15, 0.2) is 23.5 Å².